The molecule has 0 saturated carbocycles. The van der Waals surface area contributed by atoms with Crippen LogP contribution >= 0.6 is 15.0 Å². The molecule has 0 heterocycles. The van der Waals surface area contributed by atoms with Crippen molar-refractivity contribution in [3.8, 4) is 0 Å². The summed E-state index contributed by atoms with van der Waals surface area (Å²) in [5, 5.41) is 8.83. The molecule has 6 nitrogen and oxygen atoms in total. The first kappa shape index (κ1) is 18.0. The molecule has 1 unspecified atom stereocenters. The fraction of sp³-hybridized carbons (Fsp3) is 0.800. The maximum atomic E-state index is 12.3. The lowest BCUT2D eigenvalue weighted by molar-refractivity contribution is 0.278. The first-order valence-corrected chi connectivity index (χ1v) is 9.18. The normalized spacial score (nSPS) is 16.6. The van der Waals surface area contributed by atoms with E-state index >= 15 is 0 Å². The number of allylic oxidation sites excluding steroid dienone is 1. The molecule has 0 fully saturated rings. The molecule has 1 N–H and O–H groups in total. The number of hydrogen-bond acceptors (Lipinski definition) is 6. The van der Waals surface area contributed by atoms with Crippen LogP contribution in [0.15, 0.2) is 11.6 Å². The van der Waals surface area contributed by atoms with Gasteiger partial charge in [-0.25, -0.2) is 0 Å². The molecule has 0 aliphatic carbocycles. The predicted octanol–water partition coefficient (Wildman–Crippen LogP) is 2.68. The van der Waals surface area contributed by atoms with E-state index in [9.17, 15) is 9.13 Å². The molecule has 0 saturated heterocycles. The Labute approximate surface area is 108 Å². The second-order valence-electron chi connectivity index (χ2n) is 3.84. The van der Waals surface area contributed by atoms with Gasteiger partial charge in [0.15, 0.2) is 0 Å². The summed E-state index contributed by atoms with van der Waals surface area (Å²) in [4.78, 5) is 0. The van der Waals surface area contributed by atoms with Crippen LogP contribution in [-0.4, -0.2) is 45.1 Å². The molecule has 0 radical (unpaired) electrons. The Morgan fingerprint density at radius 3 is 2.11 bits per heavy atom. The summed E-state index contributed by atoms with van der Waals surface area (Å²) < 4.78 is 38.8. The molecular formula is C10H22O6P2. The van der Waals surface area contributed by atoms with E-state index in [1.165, 1.54) is 21.3 Å². The van der Waals surface area contributed by atoms with Crippen molar-refractivity contribution in [2.45, 2.75) is 13.3 Å². The molecule has 108 valence electrons. The zero-order valence-corrected chi connectivity index (χ0v) is 13.1. The predicted molar refractivity (Wildman–Crippen MR) is 71.4 cm³/mol. The van der Waals surface area contributed by atoms with E-state index in [0.29, 0.717) is 6.42 Å². The van der Waals surface area contributed by atoms with Crippen LogP contribution in [0.25, 0.3) is 0 Å². The molecule has 18 heavy (non-hydrogen) atoms. The van der Waals surface area contributed by atoms with E-state index in [4.69, 9.17) is 18.7 Å². The lowest BCUT2D eigenvalue weighted by Gasteiger charge is -2.20. The maximum Gasteiger partial charge on any atom is 0.339 e. The first-order valence-electron chi connectivity index (χ1n) is 5.45. The standard InChI is InChI=1S/C10H22O6P2/c1-10(8-11)6-5-7-17(12,14-2)9-18(13,15-3)16-4/h6,11H,5,7-9H2,1-4H3/b10-6+. The van der Waals surface area contributed by atoms with Crippen molar-refractivity contribution in [3.63, 3.8) is 0 Å². The third-order valence-electron chi connectivity index (χ3n) is 2.49. The topological polar surface area (TPSA) is 82.1 Å². The number of aliphatic hydroxyl groups excluding tert-OH is 1. The third-order valence-corrected chi connectivity index (χ3v) is 8.32. The van der Waals surface area contributed by atoms with Gasteiger partial charge in [-0.3, -0.25) is 9.13 Å². The van der Waals surface area contributed by atoms with Gasteiger partial charge in [0.05, 0.1) is 6.61 Å². The van der Waals surface area contributed by atoms with Gasteiger partial charge in [0.2, 0.25) is 7.37 Å². The van der Waals surface area contributed by atoms with E-state index in [1.807, 2.05) is 0 Å². The molecule has 0 aliphatic rings. The molecule has 0 aromatic heterocycles. The Morgan fingerprint density at radius 1 is 1.17 bits per heavy atom. The van der Waals surface area contributed by atoms with Crippen molar-refractivity contribution in [2.75, 3.05) is 40.0 Å². The Morgan fingerprint density at radius 2 is 1.72 bits per heavy atom. The highest BCUT2D eigenvalue weighted by Crippen LogP contribution is 2.62. The van der Waals surface area contributed by atoms with Gasteiger partial charge in [0, 0.05) is 27.5 Å². The van der Waals surface area contributed by atoms with E-state index in [-0.39, 0.29) is 18.7 Å². The summed E-state index contributed by atoms with van der Waals surface area (Å²) in [6, 6.07) is 0. The summed E-state index contributed by atoms with van der Waals surface area (Å²) in [5.74, 6) is -0.241. The Hall–Kier alpha value is 0.0400. The van der Waals surface area contributed by atoms with Gasteiger partial charge in [0.1, 0.15) is 5.90 Å². The summed E-state index contributed by atoms with van der Waals surface area (Å²) >= 11 is 0. The second kappa shape index (κ2) is 8.26. The zero-order valence-electron chi connectivity index (χ0n) is 11.3. The molecule has 0 amide bonds. The molecule has 0 aliphatic heterocycles. The summed E-state index contributed by atoms with van der Waals surface area (Å²) in [6.45, 7) is 1.73. The SMILES string of the molecule is COP(=O)(CC/C=C(\C)CO)CP(=O)(OC)OC. The molecule has 0 aromatic rings. The summed E-state index contributed by atoms with van der Waals surface area (Å²) in [5.41, 5.74) is 0.791. The van der Waals surface area contributed by atoms with E-state index in [2.05, 4.69) is 0 Å². The van der Waals surface area contributed by atoms with Gasteiger partial charge >= 0.3 is 7.60 Å². The van der Waals surface area contributed by atoms with Gasteiger partial charge in [-0.15, -0.1) is 0 Å². The second-order valence-corrected chi connectivity index (χ2v) is 9.36. The van der Waals surface area contributed by atoms with Crippen molar-refractivity contribution in [2.24, 2.45) is 0 Å². The molecule has 0 rings (SSSR count). The monoisotopic (exact) mass is 300 g/mol. The Kier molecular flexibility index (Phi) is 8.28. The van der Waals surface area contributed by atoms with Gasteiger partial charge in [-0.1, -0.05) is 11.6 Å². The number of aliphatic hydroxyl groups is 1. The van der Waals surface area contributed by atoms with Gasteiger partial charge in [-0.2, -0.15) is 0 Å². The molecule has 8 heteroatoms. The van der Waals surface area contributed by atoms with Crippen LogP contribution in [0.3, 0.4) is 0 Å². The fourth-order valence-corrected chi connectivity index (χ4v) is 6.16. The molecule has 1 atom stereocenters. The molecular weight excluding hydrogens is 278 g/mol. The largest absolute Gasteiger partial charge is 0.392 e. The highest BCUT2D eigenvalue weighted by atomic mass is 31.2. The van der Waals surface area contributed by atoms with Gasteiger partial charge in [0.25, 0.3) is 0 Å². The van der Waals surface area contributed by atoms with E-state index in [0.717, 1.165) is 5.57 Å². The van der Waals surface area contributed by atoms with Gasteiger partial charge in [-0.05, 0) is 13.3 Å². The highest BCUT2D eigenvalue weighted by molar-refractivity contribution is 7.73. The van der Waals surface area contributed by atoms with Gasteiger partial charge < -0.3 is 18.7 Å². The minimum Gasteiger partial charge on any atom is -0.392 e. The first-order chi connectivity index (χ1) is 8.34. The third kappa shape index (κ3) is 6.28. The van der Waals surface area contributed by atoms with Crippen molar-refractivity contribution < 1.29 is 27.8 Å². The van der Waals surface area contributed by atoms with Crippen LogP contribution in [0.4, 0.5) is 0 Å². The van der Waals surface area contributed by atoms with Crippen molar-refractivity contribution in [1.29, 1.82) is 0 Å². The minimum absolute atomic E-state index is 0.0358. The molecule has 0 aromatic carbocycles. The van der Waals surface area contributed by atoms with Crippen LogP contribution in [0.1, 0.15) is 13.3 Å². The van der Waals surface area contributed by atoms with E-state index in [1.54, 1.807) is 13.0 Å². The lowest BCUT2D eigenvalue weighted by atomic mass is 10.3. The van der Waals surface area contributed by atoms with Crippen LogP contribution in [0.5, 0.6) is 0 Å². The summed E-state index contributed by atoms with van der Waals surface area (Å²) in [7, 11) is -2.59. The van der Waals surface area contributed by atoms with Crippen molar-refractivity contribution in [1.82, 2.24) is 0 Å². The smallest absolute Gasteiger partial charge is 0.339 e. The van der Waals surface area contributed by atoms with Crippen LogP contribution in [0, 0.1) is 0 Å². The highest BCUT2D eigenvalue weighted by Gasteiger charge is 2.34. The van der Waals surface area contributed by atoms with Crippen molar-refractivity contribution >= 4 is 15.0 Å². The summed E-state index contributed by atoms with van der Waals surface area (Å²) in [6.07, 6.45) is 2.48. The number of rotatable bonds is 9. The zero-order chi connectivity index (χ0) is 14.2. The van der Waals surface area contributed by atoms with Crippen LogP contribution in [-0.2, 0) is 22.7 Å². The molecule has 0 spiro atoms. The quantitative estimate of drug-likeness (QED) is 0.521. The minimum atomic E-state index is -3.35. The van der Waals surface area contributed by atoms with E-state index < -0.39 is 15.0 Å². The Bertz CT molecular complexity index is 357. The number of hydrogen-bond donors (Lipinski definition) is 1. The van der Waals surface area contributed by atoms with Crippen LogP contribution < -0.4 is 0 Å². The lowest BCUT2D eigenvalue weighted by Crippen LogP contribution is -2.01. The van der Waals surface area contributed by atoms with Crippen molar-refractivity contribution in [3.05, 3.63) is 11.6 Å². The average Bonchev–Trinajstić information content (AvgIpc) is 2.38. The fourth-order valence-electron chi connectivity index (χ4n) is 1.25. The van der Waals surface area contributed by atoms with Crippen LogP contribution in [0.2, 0.25) is 0 Å². The average molecular weight is 300 g/mol. The maximum absolute atomic E-state index is 12.3. The Balaban J connectivity index is 4.63. The molecule has 0 bridgehead atoms.